The van der Waals surface area contributed by atoms with E-state index < -0.39 is 0 Å². The van der Waals surface area contributed by atoms with Crippen LogP contribution in [0.3, 0.4) is 0 Å². The Morgan fingerprint density at radius 3 is 2.75 bits per heavy atom. The van der Waals surface area contributed by atoms with Crippen molar-refractivity contribution in [2.24, 2.45) is 0 Å². The molecule has 2 aliphatic rings. The van der Waals surface area contributed by atoms with Gasteiger partial charge in [-0.05, 0) is 57.1 Å². The molecule has 2 aromatic heterocycles. The Labute approximate surface area is 217 Å². The van der Waals surface area contributed by atoms with Gasteiger partial charge in [-0.1, -0.05) is 36.9 Å². The molecule has 1 N–H and O–H groups in total. The highest BCUT2D eigenvalue weighted by atomic mass is 35.5. The third-order valence-electron chi connectivity index (χ3n) is 7.91. The maximum absolute atomic E-state index is 13.7. The van der Waals surface area contributed by atoms with E-state index in [1.807, 2.05) is 12.1 Å². The molecule has 1 aliphatic heterocycles. The molecule has 0 spiro atoms. The minimum atomic E-state index is -0.141. The Morgan fingerprint density at radius 2 is 1.94 bits per heavy atom. The van der Waals surface area contributed by atoms with Crippen LogP contribution >= 0.6 is 11.6 Å². The van der Waals surface area contributed by atoms with Gasteiger partial charge in [-0.2, -0.15) is 5.26 Å². The van der Waals surface area contributed by atoms with E-state index in [-0.39, 0.29) is 11.4 Å². The van der Waals surface area contributed by atoms with Gasteiger partial charge in [0.1, 0.15) is 6.07 Å². The maximum Gasteiger partial charge on any atom is 0.253 e. The van der Waals surface area contributed by atoms with Gasteiger partial charge in [0.05, 0.1) is 21.7 Å². The van der Waals surface area contributed by atoms with E-state index in [0.717, 1.165) is 51.0 Å². The predicted molar refractivity (Wildman–Crippen MR) is 143 cm³/mol. The van der Waals surface area contributed by atoms with Crippen molar-refractivity contribution in [2.45, 2.75) is 44.1 Å². The summed E-state index contributed by atoms with van der Waals surface area (Å²) >= 11 is 6.62. The summed E-state index contributed by atoms with van der Waals surface area (Å²) in [6, 6.07) is 11.2. The van der Waals surface area contributed by atoms with Crippen molar-refractivity contribution in [2.75, 3.05) is 39.8 Å². The zero-order chi connectivity index (χ0) is 25.1. The number of benzene rings is 1. The van der Waals surface area contributed by atoms with E-state index in [1.165, 1.54) is 19.3 Å². The fraction of sp³-hybridized carbons (Fsp3) is 0.464. The fourth-order valence-corrected chi connectivity index (χ4v) is 6.21. The van der Waals surface area contributed by atoms with Crippen LogP contribution in [0.4, 0.5) is 0 Å². The molecule has 0 bridgehead atoms. The minimum absolute atomic E-state index is 0.00375. The summed E-state index contributed by atoms with van der Waals surface area (Å²) in [5.74, 6) is 0.349. The molecule has 1 aliphatic carbocycles. The fourth-order valence-electron chi connectivity index (χ4n) is 5.94. The Morgan fingerprint density at radius 1 is 1.11 bits per heavy atom. The number of hydrogen-bond donors (Lipinski definition) is 1. The van der Waals surface area contributed by atoms with E-state index in [2.05, 4.69) is 33.2 Å². The summed E-state index contributed by atoms with van der Waals surface area (Å²) in [7, 11) is 2.19. The molecule has 7 nitrogen and oxygen atoms in total. The summed E-state index contributed by atoms with van der Waals surface area (Å²) in [6.07, 6.45) is 10.4. The molecule has 5 rings (SSSR count). The number of halogens is 1. The summed E-state index contributed by atoms with van der Waals surface area (Å²) in [5, 5.41) is 14.1. The van der Waals surface area contributed by atoms with Crippen molar-refractivity contribution in [3.8, 4) is 11.9 Å². The number of fused-ring (bicyclic) bond motifs is 1. The minimum Gasteiger partial charge on any atom is -0.350 e. The van der Waals surface area contributed by atoms with Gasteiger partial charge < -0.3 is 10.2 Å². The van der Waals surface area contributed by atoms with E-state index in [9.17, 15) is 10.1 Å². The Bertz CT molecular complexity index is 1290. The van der Waals surface area contributed by atoms with Gasteiger partial charge in [-0.15, -0.1) is 0 Å². The first-order valence-corrected chi connectivity index (χ1v) is 13.3. The number of aromatic nitrogens is 2. The van der Waals surface area contributed by atoms with Gasteiger partial charge in [0, 0.05) is 49.5 Å². The summed E-state index contributed by atoms with van der Waals surface area (Å²) in [5.41, 5.74) is 1.70. The van der Waals surface area contributed by atoms with Crippen molar-refractivity contribution >= 4 is 28.4 Å². The first-order chi connectivity index (χ1) is 17.5. The van der Waals surface area contributed by atoms with Gasteiger partial charge >= 0.3 is 0 Å². The number of nitrogens with zero attached hydrogens (tertiary/aromatic N) is 5. The second-order valence-corrected chi connectivity index (χ2v) is 10.6. The number of pyridine rings is 1. The number of nitriles is 1. The van der Waals surface area contributed by atoms with Crippen molar-refractivity contribution in [1.82, 2.24) is 24.7 Å². The van der Waals surface area contributed by atoms with Gasteiger partial charge in [0.25, 0.3) is 5.91 Å². The zero-order valence-corrected chi connectivity index (χ0v) is 21.6. The summed E-state index contributed by atoms with van der Waals surface area (Å²) in [6.45, 7) is 4.91. The lowest BCUT2D eigenvalue weighted by Crippen LogP contribution is -2.57. The van der Waals surface area contributed by atoms with E-state index in [0.29, 0.717) is 33.9 Å². The zero-order valence-electron chi connectivity index (χ0n) is 20.8. The first-order valence-electron chi connectivity index (χ1n) is 12.9. The second-order valence-electron chi connectivity index (χ2n) is 10.1. The van der Waals surface area contributed by atoms with Crippen LogP contribution in [0.2, 0.25) is 5.02 Å². The van der Waals surface area contributed by atoms with Crippen LogP contribution in [0.1, 0.15) is 54.4 Å². The number of carbonyl (C=O) groups is 1. The quantitative estimate of drug-likeness (QED) is 0.548. The van der Waals surface area contributed by atoms with Crippen LogP contribution < -0.4 is 5.32 Å². The monoisotopic (exact) mass is 504 g/mol. The average Bonchev–Trinajstić information content (AvgIpc) is 3.16. The molecule has 0 unspecified atom stereocenters. The molecule has 0 radical (unpaired) electrons. The Hall–Kier alpha value is -2.92. The van der Waals surface area contributed by atoms with Gasteiger partial charge in [0.15, 0.2) is 5.82 Å². The number of hydrogen-bond acceptors (Lipinski definition) is 5. The van der Waals surface area contributed by atoms with Crippen molar-refractivity contribution in [1.29, 1.82) is 5.26 Å². The largest absolute Gasteiger partial charge is 0.350 e. The third-order valence-corrected chi connectivity index (χ3v) is 8.23. The van der Waals surface area contributed by atoms with E-state index in [1.54, 1.807) is 35.2 Å². The predicted octanol–water partition coefficient (Wildman–Crippen LogP) is 4.62. The third kappa shape index (κ3) is 4.73. The Balaban J connectivity index is 1.46. The summed E-state index contributed by atoms with van der Waals surface area (Å²) in [4.78, 5) is 23.2. The lowest BCUT2D eigenvalue weighted by molar-refractivity contribution is 0.0503. The van der Waals surface area contributed by atoms with Crippen LogP contribution in [0.25, 0.3) is 16.7 Å². The molecule has 3 heterocycles. The number of rotatable bonds is 5. The lowest BCUT2D eigenvalue weighted by atomic mass is 9.79. The molecule has 36 heavy (non-hydrogen) atoms. The van der Waals surface area contributed by atoms with Crippen LogP contribution in [0.5, 0.6) is 0 Å². The van der Waals surface area contributed by atoms with Crippen LogP contribution in [-0.4, -0.2) is 70.6 Å². The average molecular weight is 505 g/mol. The molecular weight excluding hydrogens is 472 g/mol. The van der Waals surface area contributed by atoms with Crippen molar-refractivity contribution < 1.29 is 4.79 Å². The normalized spacial score (nSPS) is 19.0. The van der Waals surface area contributed by atoms with Gasteiger partial charge in [-0.25, -0.2) is 4.98 Å². The number of nitrogens with one attached hydrogen (secondary N) is 1. The Kier molecular flexibility index (Phi) is 7.29. The highest BCUT2D eigenvalue weighted by Crippen LogP contribution is 2.35. The standard InChI is InChI=1S/C28H33ClN6O/c1-33-14-7-15-34(17-16-33)28(11-3-2-4-12-28)20-32-27(36)22-19-35(24-10-5-9-23(29)25(22)24)26-21(18-30)8-6-13-31-26/h5-6,8-10,13,19H,2-4,7,11-12,14-17,20H2,1H3,(H,32,36). The maximum atomic E-state index is 13.7. The van der Waals surface area contributed by atoms with E-state index >= 15 is 0 Å². The molecule has 188 valence electrons. The van der Waals surface area contributed by atoms with Gasteiger partial charge in [-0.3, -0.25) is 14.3 Å². The number of amides is 1. The number of likely N-dealkylation sites (N-methyl/N-ethyl adjacent to an activating group) is 1. The second kappa shape index (κ2) is 10.6. The molecule has 8 heteroatoms. The highest BCUT2D eigenvalue weighted by molar-refractivity contribution is 6.37. The van der Waals surface area contributed by atoms with Crippen LogP contribution in [-0.2, 0) is 0 Å². The lowest BCUT2D eigenvalue weighted by Gasteiger charge is -2.46. The van der Waals surface area contributed by atoms with Crippen molar-refractivity contribution in [3.63, 3.8) is 0 Å². The van der Waals surface area contributed by atoms with Crippen LogP contribution in [0.15, 0.2) is 42.7 Å². The molecule has 1 saturated carbocycles. The molecule has 0 atom stereocenters. The SMILES string of the molecule is CN1CCCN(C2(CNC(=O)c3cn(-c4ncccc4C#N)c4cccc(Cl)c34)CCCCC2)CC1. The topological polar surface area (TPSA) is 77.2 Å². The molecule has 3 aromatic rings. The molecule has 1 amide bonds. The van der Waals surface area contributed by atoms with E-state index in [4.69, 9.17) is 11.6 Å². The smallest absolute Gasteiger partial charge is 0.253 e. The van der Waals surface area contributed by atoms with Crippen molar-refractivity contribution in [3.05, 3.63) is 58.9 Å². The number of carbonyl (C=O) groups excluding carboxylic acids is 1. The molecular formula is C28H33ClN6O. The molecule has 2 fully saturated rings. The van der Waals surface area contributed by atoms with Crippen LogP contribution in [0, 0.1) is 11.3 Å². The van der Waals surface area contributed by atoms with Gasteiger partial charge in [0.2, 0.25) is 0 Å². The summed E-state index contributed by atoms with van der Waals surface area (Å²) < 4.78 is 1.80. The highest BCUT2D eigenvalue weighted by Gasteiger charge is 2.38. The molecule has 1 saturated heterocycles. The first kappa shape index (κ1) is 24.8. The molecule has 1 aromatic carbocycles.